The first kappa shape index (κ1) is 36.4. The number of thiophene rings is 5. The Morgan fingerprint density at radius 1 is 0.500 bits per heavy atom. The average molecular weight is 749 g/mol. The van der Waals surface area contributed by atoms with Crippen molar-refractivity contribution >= 4 is 68.4 Å². The van der Waals surface area contributed by atoms with Gasteiger partial charge < -0.3 is 0 Å². The fraction of sp³-hybridized carbons (Fsp3) is 0.476. The van der Waals surface area contributed by atoms with Gasteiger partial charge in [-0.15, -0.1) is 68.4 Å². The lowest BCUT2D eigenvalue weighted by atomic mass is 9.91. The molecule has 1 aliphatic rings. The smallest absolute Gasteiger partial charge is 0.0583 e. The zero-order valence-corrected chi connectivity index (χ0v) is 33.6. The zero-order chi connectivity index (χ0) is 32.9. The monoisotopic (exact) mass is 748 g/mol. The van der Waals surface area contributed by atoms with E-state index >= 15 is 0 Å². The highest BCUT2D eigenvalue weighted by Crippen LogP contribution is 2.56. The highest BCUT2D eigenvalue weighted by Gasteiger charge is 2.37. The van der Waals surface area contributed by atoms with E-state index in [1.165, 1.54) is 151 Å². The number of allylic oxidation sites excluding steroid dienone is 1. The minimum absolute atomic E-state index is 0.194. The Hall–Kier alpha value is -1.41. The molecule has 1 atom stereocenters. The Bertz CT molecular complexity index is 1630. The summed E-state index contributed by atoms with van der Waals surface area (Å²) in [5, 5.41) is 13.8. The van der Waals surface area contributed by atoms with Crippen molar-refractivity contribution in [3.8, 4) is 41.8 Å². The van der Waals surface area contributed by atoms with Gasteiger partial charge >= 0.3 is 0 Å². The van der Waals surface area contributed by atoms with E-state index in [2.05, 4.69) is 93.5 Å². The molecule has 48 heavy (non-hydrogen) atoms. The number of hydrogen-bond acceptors (Lipinski definition) is 6. The van der Waals surface area contributed by atoms with Gasteiger partial charge in [0, 0.05) is 46.6 Å². The van der Waals surface area contributed by atoms with Crippen molar-refractivity contribution in [2.45, 2.75) is 127 Å². The van der Waals surface area contributed by atoms with Gasteiger partial charge in [-0.3, -0.25) is 0 Å². The molecule has 256 valence electrons. The molecule has 0 aromatic carbocycles. The quantitative estimate of drug-likeness (QED) is 0.0635. The van der Waals surface area contributed by atoms with Crippen LogP contribution in [-0.4, -0.2) is 0 Å². The van der Waals surface area contributed by atoms with Crippen LogP contribution in [0.15, 0.2) is 74.8 Å². The molecule has 0 fully saturated rings. The molecule has 6 rings (SSSR count). The highest BCUT2D eigenvalue weighted by atomic mass is 32.2. The van der Waals surface area contributed by atoms with Gasteiger partial charge in [-0.05, 0) is 75.5 Å². The second-order valence-corrected chi connectivity index (χ2v) is 19.3. The summed E-state index contributed by atoms with van der Waals surface area (Å²) in [4.78, 5) is 7.20. The second kappa shape index (κ2) is 19.3. The van der Waals surface area contributed by atoms with Crippen molar-refractivity contribution < 1.29 is 0 Å². The fourth-order valence-corrected chi connectivity index (χ4v) is 13.5. The molecule has 0 saturated carbocycles. The van der Waals surface area contributed by atoms with Gasteiger partial charge in [-0.25, -0.2) is 0 Å². The van der Waals surface area contributed by atoms with Crippen molar-refractivity contribution in [3.63, 3.8) is 0 Å². The molecule has 0 amide bonds. The van der Waals surface area contributed by atoms with E-state index in [4.69, 9.17) is 0 Å². The molecule has 5 aromatic rings. The lowest BCUT2D eigenvalue weighted by Crippen LogP contribution is -2.18. The van der Waals surface area contributed by atoms with Gasteiger partial charge in [0.05, 0.1) is 4.75 Å². The Morgan fingerprint density at radius 2 is 1.00 bits per heavy atom. The molecule has 0 saturated heterocycles. The molecule has 1 unspecified atom stereocenters. The summed E-state index contributed by atoms with van der Waals surface area (Å²) in [5.74, 6) is 0. The first-order chi connectivity index (χ1) is 23.8. The van der Waals surface area contributed by atoms with Crippen LogP contribution in [0.5, 0.6) is 0 Å². The van der Waals surface area contributed by atoms with Gasteiger partial charge in [0.1, 0.15) is 0 Å². The van der Waals surface area contributed by atoms with Crippen molar-refractivity contribution in [2.24, 2.45) is 0 Å². The molecular formula is C42H52S6. The summed E-state index contributed by atoms with van der Waals surface area (Å²) in [6.07, 6.45) is 27.7. The molecule has 0 nitrogen and oxygen atoms in total. The van der Waals surface area contributed by atoms with E-state index in [-0.39, 0.29) is 4.75 Å². The molecule has 0 bridgehead atoms. The molecule has 6 heteroatoms. The summed E-state index contributed by atoms with van der Waals surface area (Å²) in [5.41, 5.74) is 5.63. The van der Waals surface area contributed by atoms with Crippen molar-refractivity contribution in [2.75, 3.05) is 0 Å². The third-order valence-electron chi connectivity index (χ3n) is 9.87. The SMILES string of the molecule is CCCCCCCCCCCCCCCCCCC1(c2sccc2-c2sccc2-c2sccc2-c2sccc2-c2cccs2)CC=CS1. The number of rotatable bonds is 22. The molecular weight excluding hydrogens is 697 g/mol. The summed E-state index contributed by atoms with van der Waals surface area (Å²) in [6, 6.07) is 13.8. The van der Waals surface area contributed by atoms with Crippen LogP contribution in [0.25, 0.3) is 41.8 Å². The van der Waals surface area contributed by atoms with E-state index in [9.17, 15) is 0 Å². The van der Waals surface area contributed by atoms with Gasteiger partial charge in [-0.2, -0.15) is 0 Å². The van der Waals surface area contributed by atoms with Crippen LogP contribution >= 0.6 is 68.4 Å². The highest BCUT2D eigenvalue weighted by molar-refractivity contribution is 8.03. The number of unbranched alkanes of at least 4 members (excludes halogenated alkanes) is 15. The summed E-state index contributed by atoms with van der Waals surface area (Å²) >= 11 is 11.6. The largest absolute Gasteiger partial charge is 0.147 e. The third-order valence-corrected chi connectivity index (χ3v) is 16.2. The molecule has 6 heterocycles. The van der Waals surface area contributed by atoms with Crippen LogP contribution in [0, 0.1) is 0 Å². The summed E-state index contributed by atoms with van der Waals surface area (Å²) in [6.45, 7) is 2.31. The van der Waals surface area contributed by atoms with Crippen molar-refractivity contribution in [3.05, 3.63) is 79.7 Å². The van der Waals surface area contributed by atoms with Gasteiger partial charge in [0.2, 0.25) is 0 Å². The predicted molar refractivity (Wildman–Crippen MR) is 225 cm³/mol. The molecule has 1 aliphatic heterocycles. The third kappa shape index (κ3) is 9.27. The Morgan fingerprint density at radius 3 is 1.54 bits per heavy atom. The second-order valence-electron chi connectivity index (χ2n) is 13.4. The average Bonchev–Trinajstić information content (AvgIpc) is 3.94. The lowest BCUT2D eigenvalue weighted by Gasteiger charge is -2.29. The van der Waals surface area contributed by atoms with Crippen molar-refractivity contribution in [1.29, 1.82) is 0 Å². The molecule has 0 spiro atoms. The number of hydrogen-bond donors (Lipinski definition) is 0. The van der Waals surface area contributed by atoms with E-state index < -0.39 is 0 Å². The molecule has 5 aromatic heterocycles. The number of thioether (sulfide) groups is 1. The van der Waals surface area contributed by atoms with E-state index in [0.717, 1.165) is 6.42 Å². The Labute approximate surface area is 314 Å². The molecule has 0 radical (unpaired) electrons. The normalized spacial score (nSPS) is 16.0. The predicted octanol–water partition coefficient (Wildman–Crippen LogP) is 17.2. The van der Waals surface area contributed by atoms with Crippen LogP contribution in [0.4, 0.5) is 0 Å². The van der Waals surface area contributed by atoms with Crippen molar-refractivity contribution in [1.82, 2.24) is 0 Å². The van der Waals surface area contributed by atoms with Gasteiger partial charge in [-0.1, -0.05) is 122 Å². The summed E-state index contributed by atoms with van der Waals surface area (Å²) in [7, 11) is 0. The first-order valence-electron chi connectivity index (χ1n) is 18.5. The minimum atomic E-state index is 0.194. The molecule has 0 N–H and O–H groups in total. The van der Waals surface area contributed by atoms with Gasteiger partial charge in [0.25, 0.3) is 0 Å². The fourth-order valence-electron chi connectivity index (χ4n) is 7.22. The van der Waals surface area contributed by atoms with Crippen LogP contribution in [0.1, 0.15) is 127 Å². The maximum Gasteiger partial charge on any atom is 0.0583 e. The van der Waals surface area contributed by atoms with Crippen LogP contribution < -0.4 is 0 Å². The maximum atomic E-state index is 2.43. The van der Waals surface area contributed by atoms with Gasteiger partial charge in [0.15, 0.2) is 0 Å². The van der Waals surface area contributed by atoms with Crippen LogP contribution in [0.3, 0.4) is 0 Å². The van der Waals surface area contributed by atoms with E-state index in [1.807, 2.05) is 56.7 Å². The lowest BCUT2D eigenvalue weighted by molar-refractivity contribution is 0.505. The van der Waals surface area contributed by atoms with Crippen LogP contribution in [0.2, 0.25) is 0 Å². The molecule has 0 aliphatic carbocycles. The standard InChI is InChI=1S/C42H52S6/c1-2-3-4-5-6-7-8-9-10-11-12-13-14-15-16-17-25-42(26-19-28-48-42)41-36(24-32-47-41)40-35(23-31-46-40)39-34(22-30-45-39)38-33(21-29-44-38)37-20-18-27-43-37/h18-24,27-32H,2-17,25-26H2,1H3. The van der Waals surface area contributed by atoms with E-state index in [0.29, 0.717) is 0 Å². The zero-order valence-electron chi connectivity index (χ0n) is 28.7. The van der Waals surface area contributed by atoms with Crippen LogP contribution in [-0.2, 0) is 4.75 Å². The summed E-state index contributed by atoms with van der Waals surface area (Å²) < 4.78 is 0.194. The topological polar surface area (TPSA) is 0 Å². The maximum absolute atomic E-state index is 2.43. The van der Waals surface area contributed by atoms with E-state index in [1.54, 1.807) is 4.88 Å². The Kier molecular flexibility index (Phi) is 14.6. The minimum Gasteiger partial charge on any atom is -0.147 e. The first-order valence-corrected chi connectivity index (χ1v) is 23.8. The Balaban J connectivity index is 1.01.